The largest absolute Gasteiger partial charge is 0.450 e. The predicted molar refractivity (Wildman–Crippen MR) is 75.3 cm³/mol. The van der Waals surface area contributed by atoms with E-state index in [-0.39, 0.29) is 5.91 Å². The fraction of sp³-hybridized carbons (Fsp3) is 0.0714. The van der Waals surface area contributed by atoms with Gasteiger partial charge in [0.05, 0.1) is 0 Å². The molecule has 1 heterocycles. The van der Waals surface area contributed by atoms with Crippen LogP contribution in [-0.2, 0) is 4.79 Å². The van der Waals surface area contributed by atoms with Gasteiger partial charge in [0.2, 0.25) is 5.91 Å². The summed E-state index contributed by atoms with van der Waals surface area (Å²) < 4.78 is 5.90. The van der Waals surface area contributed by atoms with Gasteiger partial charge in [-0.1, -0.05) is 18.2 Å². The van der Waals surface area contributed by atoms with Gasteiger partial charge in [0.25, 0.3) is 0 Å². The van der Waals surface area contributed by atoms with Gasteiger partial charge in [0, 0.05) is 11.8 Å². The first kappa shape index (κ1) is 12.6. The van der Waals surface area contributed by atoms with E-state index in [1.54, 1.807) is 18.2 Å². The smallest absolute Gasteiger partial charge is 0.248 e. The zero-order chi connectivity index (χ0) is 13.0. The normalized spacial score (nSPS) is 10.8. The third-order valence-electron chi connectivity index (χ3n) is 2.40. The second-order valence-electron chi connectivity index (χ2n) is 3.78. The molecule has 1 aromatic heterocycles. The summed E-state index contributed by atoms with van der Waals surface area (Å²) in [6.45, 7) is 1.95. The van der Waals surface area contributed by atoms with Gasteiger partial charge in [0.1, 0.15) is 5.76 Å². The minimum atomic E-state index is -0.183. The van der Waals surface area contributed by atoms with Crippen molar-refractivity contribution in [2.24, 2.45) is 0 Å². The number of carbonyl (C=O) groups is 1. The third kappa shape index (κ3) is 3.34. The summed E-state index contributed by atoms with van der Waals surface area (Å²) in [7, 11) is 0. The van der Waals surface area contributed by atoms with Gasteiger partial charge in [-0.2, -0.15) is 0 Å². The van der Waals surface area contributed by atoms with E-state index in [9.17, 15) is 4.79 Å². The Morgan fingerprint density at radius 3 is 2.72 bits per heavy atom. The van der Waals surface area contributed by atoms with Crippen LogP contribution in [0, 0.1) is 6.92 Å². The number of hydrogen-bond donors (Lipinski definition) is 1. The van der Waals surface area contributed by atoms with E-state index in [0.29, 0.717) is 10.4 Å². The second-order valence-corrected chi connectivity index (χ2v) is 4.56. The molecule has 0 saturated heterocycles. The Morgan fingerprint density at radius 2 is 2.06 bits per heavy atom. The molecule has 0 unspecified atom stereocenters. The first-order chi connectivity index (χ1) is 8.65. The molecule has 0 aliphatic heterocycles. The van der Waals surface area contributed by atoms with E-state index in [4.69, 9.17) is 4.42 Å². The molecule has 0 saturated carbocycles. The second kappa shape index (κ2) is 5.69. The van der Waals surface area contributed by atoms with Crippen molar-refractivity contribution in [1.82, 2.24) is 0 Å². The molecule has 92 valence electrons. The molecule has 0 atom stereocenters. The highest BCUT2D eigenvalue weighted by molar-refractivity contribution is 9.10. The molecule has 0 aliphatic carbocycles. The van der Waals surface area contributed by atoms with Crippen LogP contribution in [0.25, 0.3) is 6.08 Å². The lowest BCUT2D eigenvalue weighted by molar-refractivity contribution is -0.111. The molecule has 2 aromatic rings. The Bertz CT molecular complexity index is 587. The molecule has 4 heteroatoms. The Labute approximate surface area is 114 Å². The van der Waals surface area contributed by atoms with Crippen molar-refractivity contribution in [2.75, 3.05) is 5.32 Å². The summed E-state index contributed by atoms with van der Waals surface area (Å²) in [4.78, 5) is 11.7. The van der Waals surface area contributed by atoms with Crippen LogP contribution in [-0.4, -0.2) is 5.91 Å². The fourth-order valence-corrected chi connectivity index (χ4v) is 1.78. The fourth-order valence-electron chi connectivity index (χ4n) is 1.46. The summed E-state index contributed by atoms with van der Waals surface area (Å²) in [6.07, 6.45) is 3.07. The van der Waals surface area contributed by atoms with E-state index in [0.717, 1.165) is 11.3 Å². The highest BCUT2D eigenvalue weighted by atomic mass is 79.9. The molecule has 1 N–H and O–H groups in total. The van der Waals surface area contributed by atoms with Gasteiger partial charge in [0.15, 0.2) is 4.67 Å². The lowest BCUT2D eigenvalue weighted by Gasteiger charge is -2.04. The number of aryl methyl sites for hydroxylation is 1. The number of anilines is 1. The van der Waals surface area contributed by atoms with Gasteiger partial charge >= 0.3 is 0 Å². The topological polar surface area (TPSA) is 42.2 Å². The predicted octanol–water partition coefficient (Wildman–Crippen LogP) is 4.00. The van der Waals surface area contributed by atoms with Crippen LogP contribution in [0.4, 0.5) is 5.69 Å². The quantitative estimate of drug-likeness (QED) is 0.871. The standard InChI is InChI=1S/C14H12BrNO2/c1-10-4-2-3-5-12(10)16-14(17)9-7-11-6-8-13(15)18-11/h2-9H,1H3,(H,16,17). The van der Waals surface area contributed by atoms with Crippen molar-refractivity contribution < 1.29 is 9.21 Å². The summed E-state index contributed by atoms with van der Waals surface area (Å²) in [5.41, 5.74) is 1.84. The maximum atomic E-state index is 11.7. The average molecular weight is 306 g/mol. The average Bonchev–Trinajstić information content (AvgIpc) is 2.76. The van der Waals surface area contributed by atoms with Crippen LogP contribution in [0.3, 0.4) is 0 Å². The van der Waals surface area contributed by atoms with Crippen molar-refractivity contribution in [2.45, 2.75) is 6.92 Å². The summed E-state index contributed by atoms with van der Waals surface area (Å²) in [6, 6.07) is 11.2. The Morgan fingerprint density at radius 1 is 1.28 bits per heavy atom. The number of halogens is 1. The van der Waals surface area contributed by atoms with Gasteiger partial charge in [-0.05, 0) is 52.7 Å². The van der Waals surface area contributed by atoms with E-state index in [2.05, 4.69) is 21.2 Å². The molecular weight excluding hydrogens is 294 g/mol. The van der Waals surface area contributed by atoms with Crippen molar-refractivity contribution in [3.63, 3.8) is 0 Å². The Kier molecular flexibility index (Phi) is 3.99. The van der Waals surface area contributed by atoms with Crippen molar-refractivity contribution in [3.05, 3.63) is 58.5 Å². The van der Waals surface area contributed by atoms with Crippen LogP contribution in [0.15, 0.2) is 51.6 Å². The lowest BCUT2D eigenvalue weighted by atomic mass is 10.2. The minimum absolute atomic E-state index is 0.183. The van der Waals surface area contributed by atoms with Gasteiger partial charge in [-0.3, -0.25) is 4.79 Å². The molecule has 0 fully saturated rings. The number of nitrogens with one attached hydrogen (secondary N) is 1. The molecule has 1 aromatic carbocycles. The summed E-state index contributed by atoms with van der Waals surface area (Å²) >= 11 is 3.20. The van der Waals surface area contributed by atoms with Crippen LogP contribution >= 0.6 is 15.9 Å². The number of amides is 1. The highest BCUT2D eigenvalue weighted by Gasteiger charge is 2.01. The number of furan rings is 1. The molecule has 0 aliphatic rings. The summed E-state index contributed by atoms with van der Waals surface area (Å²) in [5.74, 6) is 0.443. The maximum absolute atomic E-state index is 11.7. The van der Waals surface area contributed by atoms with Gasteiger partial charge < -0.3 is 9.73 Å². The van der Waals surface area contributed by atoms with E-state index < -0.39 is 0 Å². The zero-order valence-electron chi connectivity index (χ0n) is 9.81. The Balaban J connectivity index is 2.01. The molecule has 0 radical (unpaired) electrons. The van der Waals surface area contributed by atoms with Crippen LogP contribution in [0.1, 0.15) is 11.3 Å². The molecule has 3 nitrogen and oxygen atoms in total. The number of rotatable bonds is 3. The molecule has 1 amide bonds. The SMILES string of the molecule is Cc1ccccc1NC(=O)C=Cc1ccc(Br)o1. The number of benzene rings is 1. The Hall–Kier alpha value is -1.81. The van der Waals surface area contributed by atoms with E-state index >= 15 is 0 Å². The van der Waals surface area contributed by atoms with Crippen molar-refractivity contribution in [1.29, 1.82) is 0 Å². The van der Waals surface area contributed by atoms with Crippen LogP contribution in [0.2, 0.25) is 0 Å². The van der Waals surface area contributed by atoms with Crippen molar-refractivity contribution in [3.8, 4) is 0 Å². The van der Waals surface area contributed by atoms with Crippen molar-refractivity contribution >= 4 is 33.6 Å². The van der Waals surface area contributed by atoms with Crippen LogP contribution in [0.5, 0.6) is 0 Å². The van der Waals surface area contributed by atoms with Crippen LogP contribution < -0.4 is 5.32 Å². The number of para-hydroxylation sites is 1. The number of hydrogen-bond acceptors (Lipinski definition) is 2. The van der Waals surface area contributed by atoms with Gasteiger partial charge in [-0.25, -0.2) is 0 Å². The first-order valence-electron chi connectivity index (χ1n) is 5.45. The molecule has 0 bridgehead atoms. The minimum Gasteiger partial charge on any atom is -0.450 e. The van der Waals surface area contributed by atoms with E-state index in [1.165, 1.54) is 6.08 Å². The molecule has 18 heavy (non-hydrogen) atoms. The van der Waals surface area contributed by atoms with E-state index in [1.807, 2.05) is 31.2 Å². The molecular formula is C14H12BrNO2. The summed E-state index contributed by atoms with van der Waals surface area (Å²) in [5, 5.41) is 2.81. The third-order valence-corrected chi connectivity index (χ3v) is 2.82. The first-order valence-corrected chi connectivity index (χ1v) is 6.24. The molecule has 2 rings (SSSR count). The zero-order valence-corrected chi connectivity index (χ0v) is 11.4. The number of carbonyl (C=O) groups excluding carboxylic acids is 1. The highest BCUT2D eigenvalue weighted by Crippen LogP contribution is 2.16. The maximum Gasteiger partial charge on any atom is 0.248 e. The van der Waals surface area contributed by atoms with Gasteiger partial charge in [-0.15, -0.1) is 0 Å². The lowest BCUT2D eigenvalue weighted by Crippen LogP contribution is -2.08. The monoisotopic (exact) mass is 305 g/mol. The molecule has 0 spiro atoms.